The van der Waals surface area contributed by atoms with Gasteiger partial charge in [-0.05, 0) is 35.9 Å². The molecule has 4 rings (SSSR count). The van der Waals surface area contributed by atoms with Crippen molar-refractivity contribution in [3.8, 4) is 0 Å². The lowest BCUT2D eigenvalue weighted by Gasteiger charge is -2.13. The van der Waals surface area contributed by atoms with Gasteiger partial charge in [-0.3, -0.25) is 14.0 Å². The number of ketones is 1. The molecule has 1 aliphatic rings. The van der Waals surface area contributed by atoms with Gasteiger partial charge in [-0.2, -0.15) is 4.98 Å². The van der Waals surface area contributed by atoms with Gasteiger partial charge in [0.15, 0.2) is 16.5 Å². The van der Waals surface area contributed by atoms with Crippen molar-refractivity contribution in [2.24, 2.45) is 0 Å². The predicted octanol–water partition coefficient (Wildman–Crippen LogP) is 2.52. The lowest BCUT2D eigenvalue weighted by Crippen LogP contribution is -2.17. The van der Waals surface area contributed by atoms with Crippen LogP contribution in [0.25, 0.3) is 21.3 Å². The SMILES string of the molecule is COC1=CC(=Cc2c(N)n3c(nc2=O)sc2ccccc23)C=C(OC)C1=O. The average Bonchev–Trinajstić information content (AvgIpc) is 3.04. The number of rotatable bonds is 3. The van der Waals surface area contributed by atoms with Gasteiger partial charge in [-0.25, -0.2) is 0 Å². The van der Waals surface area contributed by atoms with Crippen LogP contribution in [0.5, 0.6) is 0 Å². The van der Waals surface area contributed by atoms with Gasteiger partial charge in [0.2, 0.25) is 0 Å². The Balaban J connectivity index is 1.96. The number of allylic oxidation sites excluding steroid dienone is 3. The molecule has 7 nitrogen and oxygen atoms in total. The highest BCUT2D eigenvalue weighted by Crippen LogP contribution is 2.29. The first-order valence-corrected chi connectivity index (χ1v) is 8.82. The topological polar surface area (TPSA) is 95.9 Å². The highest BCUT2D eigenvalue weighted by Gasteiger charge is 2.22. The van der Waals surface area contributed by atoms with Crippen molar-refractivity contribution in [2.75, 3.05) is 20.0 Å². The van der Waals surface area contributed by atoms with Gasteiger partial charge in [0.05, 0.1) is 30.0 Å². The molecular weight excluding hydrogens is 366 g/mol. The number of aromatic nitrogens is 2. The number of nitrogens with two attached hydrogens (primary N) is 1. The summed E-state index contributed by atoms with van der Waals surface area (Å²) in [5.74, 6) is 0.162. The first kappa shape index (κ1) is 17.0. The number of benzene rings is 1. The van der Waals surface area contributed by atoms with Crippen LogP contribution in [0.4, 0.5) is 5.82 Å². The van der Waals surface area contributed by atoms with Gasteiger partial charge in [0, 0.05) is 0 Å². The van der Waals surface area contributed by atoms with E-state index < -0.39 is 5.56 Å². The van der Waals surface area contributed by atoms with Crippen LogP contribution >= 0.6 is 11.3 Å². The van der Waals surface area contributed by atoms with Crippen LogP contribution in [-0.4, -0.2) is 29.4 Å². The average molecular weight is 381 g/mol. The molecule has 0 saturated heterocycles. The van der Waals surface area contributed by atoms with Gasteiger partial charge in [0.25, 0.3) is 11.3 Å². The number of anilines is 1. The van der Waals surface area contributed by atoms with E-state index in [9.17, 15) is 9.59 Å². The first-order chi connectivity index (χ1) is 13.0. The minimum Gasteiger partial charge on any atom is -0.492 e. The highest BCUT2D eigenvalue weighted by molar-refractivity contribution is 7.23. The van der Waals surface area contributed by atoms with E-state index in [2.05, 4.69) is 4.98 Å². The zero-order valence-electron chi connectivity index (χ0n) is 14.6. The zero-order chi connectivity index (χ0) is 19.1. The number of fused-ring (bicyclic) bond motifs is 3. The van der Waals surface area contributed by atoms with E-state index in [0.717, 1.165) is 10.2 Å². The number of carbonyl (C=O) groups excluding carboxylic acids is 1. The van der Waals surface area contributed by atoms with Crippen molar-refractivity contribution in [3.05, 3.63) is 69.4 Å². The number of para-hydroxylation sites is 1. The Labute approximate surface area is 157 Å². The Kier molecular flexibility index (Phi) is 4.04. The number of carbonyl (C=O) groups is 1. The molecule has 1 aromatic carbocycles. The van der Waals surface area contributed by atoms with Crippen LogP contribution in [0.15, 0.2) is 58.3 Å². The Hall–Kier alpha value is -3.39. The molecule has 3 aromatic rings. The van der Waals surface area contributed by atoms with E-state index in [1.165, 1.54) is 37.7 Å². The number of hydrogen-bond acceptors (Lipinski definition) is 7. The predicted molar refractivity (Wildman–Crippen MR) is 104 cm³/mol. The number of Topliss-reactive ketones (excluding diaryl/α,β-unsaturated/α-hetero) is 1. The fourth-order valence-corrected chi connectivity index (χ4v) is 3.97. The summed E-state index contributed by atoms with van der Waals surface area (Å²) < 4.78 is 12.9. The van der Waals surface area contributed by atoms with Crippen molar-refractivity contribution >= 4 is 44.2 Å². The third kappa shape index (κ3) is 2.70. The molecule has 136 valence electrons. The summed E-state index contributed by atoms with van der Waals surface area (Å²) in [6.45, 7) is 0. The largest absolute Gasteiger partial charge is 0.492 e. The van der Waals surface area contributed by atoms with E-state index in [1.807, 2.05) is 24.3 Å². The molecule has 0 unspecified atom stereocenters. The van der Waals surface area contributed by atoms with Crippen LogP contribution in [0, 0.1) is 0 Å². The molecule has 0 spiro atoms. The van der Waals surface area contributed by atoms with Crippen molar-refractivity contribution in [1.29, 1.82) is 0 Å². The summed E-state index contributed by atoms with van der Waals surface area (Å²) in [5.41, 5.74) is 7.54. The van der Waals surface area contributed by atoms with Crippen LogP contribution < -0.4 is 11.3 Å². The standard InChI is InChI=1S/C19H15N3O4S/c1-25-13-8-10(9-14(26-2)16(13)23)7-11-17(20)22-12-5-3-4-6-15(12)27-19(22)21-18(11)24/h3-9H,20H2,1-2H3. The van der Waals surface area contributed by atoms with Crippen molar-refractivity contribution in [3.63, 3.8) is 0 Å². The molecular formula is C19H15N3O4S. The van der Waals surface area contributed by atoms with Crippen LogP contribution in [0.2, 0.25) is 0 Å². The lowest BCUT2D eigenvalue weighted by atomic mass is 10.0. The minimum atomic E-state index is -0.441. The van der Waals surface area contributed by atoms with Gasteiger partial charge in [0.1, 0.15) is 5.82 Å². The van der Waals surface area contributed by atoms with Gasteiger partial charge in [-0.15, -0.1) is 0 Å². The normalized spacial score (nSPS) is 14.3. The first-order valence-electron chi connectivity index (χ1n) is 8.01. The van der Waals surface area contributed by atoms with Gasteiger partial charge >= 0.3 is 0 Å². The maximum Gasteiger partial charge on any atom is 0.283 e. The fraction of sp³-hybridized carbons (Fsp3) is 0.105. The molecule has 0 amide bonds. The lowest BCUT2D eigenvalue weighted by molar-refractivity contribution is -0.117. The molecule has 27 heavy (non-hydrogen) atoms. The summed E-state index contributed by atoms with van der Waals surface area (Å²) in [4.78, 5) is 29.3. The Morgan fingerprint density at radius 2 is 1.78 bits per heavy atom. The maximum absolute atomic E-state index is 12.6. The molecule has 0 fully saturated rings. The van der Waals surface area contributed by atoms with E-state index in [1.54, 1.807) is 10.5 Å². The molecule has 0 aliphatic heterocycles. The van der Waals surface area contributed by atoms with Crippen molar-refractivity contribution in [1.82, 2.24) is 9.38 Å². The molecule has 2 heterocycles. The Morgan fingerprint density at radius 1 is 1.11 bits per heavy atom. The zero-order valence-corrected chi connectivity index (χ0v) is 15.4. The summed E-state index contributed by atoms with van der Waals surface area (Å²) in [6, 6.07) is 7.69. The molecule has 2 aromatic heterocycles. The van der Waals surface area contributed by atoms with Gasteiger partial charge in [-0.1, -0.05) is 23.5 Å². The summed E-state index contributed by atoms with van der Waals surface area (Å²) in [5, 5.41) is 0. The maximum atomic E-state index is 12.6. The smallest absolute Gasteiger partial charge is 0.283 e. The van der Waals surface area contributed by atoms with E-state index in [-0.39, 0.29) is 28.7 Å². The fourth-order valence-electron chi connectivity index (χ4n) is 2.94. The number of thiazole rings is 1. The monoisotopic (exact) mass is 381 g/mol. The van der Waals surface area contributed by atoms with Crippen molar-refractivity contribution < 1.29 is 14.3 Å². The second-order valence-corrected chi connectivity index (χ2v) is 6.81. The molecule has 0 bridgehead atoms. The second-order valence-electron chi connectivity index (χ2n) is 5.80. The third-order valence-corrected chi connectivity index (χ3v) is 5.26. The third-order valence-electron chi connectivity index (χ3n) is 4.24. The number of ether oxygens (including phenoxy) is 2. The Morgan fingerprint density at radius 3 is 2.44 bits per heavy atom. The summed E-state index contributed by atoms with van der Waals surface area (Å²) >= 11 is 1.40. The van der Waals surface area contributed by atoms with Crippen LogP contribution in [-0.2, 0) is 14.3 Å². The molecule has 0 radical (unpaired) electrons. The van der Waals surface area contributed by atoms with Crippen LogP contribution in [0.1, 0.15) is 5.56 Å². The second kappa shape index (κ2) is 6.40. The Bertz CT molecular complexity index is 1220. The number of nitrogens with zero attached hydrogens (tertiary/aromatic N) is 2. The molecule has 0 saturated carbocycles. The summed E-state index contributed by atoms with van der Waals surface area (Å²) in [7, 11) is 2.79. The van der Waals surface area contributed by atoms with Gasteiger partial charge < -0.3 is 15.2 Å². The summed E-state index contributed by atoms with van der Waals surface area (Å²) in [6.07, 6.45) is 4.64. The van der Waals surface area contributed by atoms with Crippen molar-refractivity contribution in [2.45, 2.75) is 0 Å². The molecule has 2 N–H and O–H groups in total. The van der Waals surface area contributed by atoms with Crippen LogP contribution in [0.3, 0.4) is 0 Å². The number of methoxy groups -OCH3 is 2. The van der Waals surface area contributed by atoms with E-state index >= 15 is 0 Å². The quantitative estimate of drug-likeness (QED) is 0.749. The number of nitrogen functional groups attached to an aromatic ring is 1. The molecule has 8 heteroatoms. The highest BCUT2D eigenvalue weighted by atomic mass is 32.1. The minimum absolute atomic E-state index is 0.120. The number of hydrogen-bond donors (Lipinski definition) is 1. The van der Waals surface area contributed by atoms with E-state index in [0.29, 0.717) is 10.5 Å². The van der Waals surface area contributed by atoms with E-state index in [4.69, 9.17) is 15.2 Å². The molecule has 0 atom stereocenters. The molecule has 1 aliphatic carbocycles.